The molecule has 15 heavy (non-hydrogen) atoms. The van der Waals surface area contributed by atoms with Gasteiger partial charge in [-0.25, -0.2) is 0 Å². The van der Waals surface area contributed by atoms with E-state index in [4.69, 9.17) is 4.74 Å². The van der Waals surface area contributed by atoms with Crippen molar-refractivity contribution in [2.24, 2.45) is 0 Å². The average Bonchev–Trinajstić information content (AvgIpc) is 2.24. The number of carbonyl (C=O) groups excluding carboxylic acids is 1. The fraction of sp³-hybridized carbons (Fsp3) is 0.909. The van der Waals surface area contributed by atoms with Crippen LogP contribution in [0.1, 0.15) is 27.7 Å². The smallest absolute Gasteiger partial charge is 0.322 e. The summed E-state index contributed by atoms with van der Waals surface area (Å²) < 4.78 is 4.90. The van der Waals surface area contributed by atoms with E-state index in [9.17, 15) is 4.79 Å². The summed E-state index contributed by atoms with van der Waals surface area (Å²) in [4.78, 5) is 13.6. The molecule has 0 aliphatic rings. The Morgan fingerprint density at radius 2 is 1.93 bits per heavy atom. The Bertz CT molecular complexity index is 170. The van der Waals surface area contributed by atoms with Gasteiger partial charge in [0.15, 0.2) is 0 Å². The third-order valence-corrected chi connectivity index (χ3v) is 2.41. The predicted octanol–water partition coefficient (Wildman–Crippen LogP) is 0.869. The number of nitrogens with zero attached hydrogens (tertiary/aromatic N) is 1. The molecule has 4 nitrogen and oxygen atoms in total. The molecular formula is C11H24N2O2. The summed E-state index contributed by atoms with van der Waals surface area (Å²) in [5.74, 6) is -0.169. The van der Waals surface area contributed by atoms with Gasteiger partial charge in [-0.3, -0.25) is 4.79 Å². The monoisotopic (exact) mass is 216 g/mol. The maximum absolute atomic E-state index is 11.3. The largest absolute Gasteiger partial charge is 0.465 e. The third-order valence-electron chi connectivity index (χ3n) is 2.41. The Morgan fingerprint density at radius 3 is 2.40 bits per heavy atom. The number of nitrogens with one attached hydrogen (secondary N) is 1. The summed E-state index contributed by atoms with van der Waals surface area (Å²) in [5, 5.41) is 3.15. The second kappa shape index (κ2) is 8.68. The van der Waals surface area contributed by atoms with Crippen LogP contribution in [-0.4, -0.2) is 49.7 Å². The zero-order valence-corrected chi connectivity index (χ0v) is 10.4. The molecule has 0 fully saturated rings. The van der Waals surface area contributed by atoms with Gasteiger partial charge in [-0.05, 0) is 26.9 Å². The van der Waals surface area contributed by atoms with Crippen molar-refractivity contribution < 1.29 is 9.53 Å². The van der Waals surface area contributed by atoms with Crippen molar-refractivity contribution in [1.82, 2.24) is 10.2 Å². The van der Waals surface area contributed by atoms with Gasteiger partial charge in [0, 0.05) is 13.1 Å². The van der Waals surface area contributed by atoms with Crippen molar-refractivity contribution in [3.05, 3.63) is 0 Å². The van der Waals surface area contributed by atoms with E-state index in [1.54, 1.807) is 0 Å². The molecule has 0 saturated heterocycles. The third kappa shape index (κ3) is 6.47. The van der Waals surface area contributed by atoms with Crippen LogP contribution in [0.5, 0.6) is 0 Å². The highest BCUT2D eigenvalue weighted by atomic mass is 16.5. The van der Waals surface area contributed by atoms with Crippen molar-refractivity contribution in [3.63, 3.8) is 0 Å². The Hall–Kier alpha value is -0.610. The molecule has 0 aliphatic carbocycles. The summed E-state index contributed by atoms with van der Waals surface area (Å²) >= 11 is 0. The summed E-state index contributed by atoms with van der Waals surface area (Å²) in [6, 6.07) is -0.208. The number of ether oxygens (including phenoxy) is 1. The Morgan fingerprint density at radius 1 is 1.33 bits per heavy atom. The van der Waals surface area contributed by atoms with Gasteiger partial charge < -0.3 is 15.0 Å². The van der Waals surface area contributed by atoms with Crippen LogP contribution in [0, 0.1) is 0 Å². The van der Waals surface area contributed by atoms with Gasteiger partial charge in [-0.1, -0.05) is 13.8 Å². The van der Waals surface area contributed by atoms with Crippen LogP contribution in [0.3, 0.4) is 0 Å². The number of rotatable bonds is 8. The molecule has 1 atom stereocenters. The van der Waals surface area contributed by atoms with E-state index >= 15 is 0 Å². The van der Waals surface area contributed by atoms with Crippen LogP contribution in [0.25, 0.3) is 0 Å². The SMILES string of the molecule is CCOC(=O)C(C)NCCN(CC)CC. The standard InChI is InChI=1S/C11H24N2O2/c1-5-13(6-2)9-8-12-10(4)11(14)15-7-3/h10,12H,5-9H2,1-4H3. The molecule has 1 N–H and O–H groups in total. The molecule has 0 bridgehead atoms. The lowest BCUT2D eigenvalue weighted by Crippen LogP contribution is -2.40. The van der Waals surface area contributed by atoms with Gasteiger partial charge in [-0.15, -0.1) is 0 Å². The maximum atomic E-state index is 11.3. The van der Waals surface area contributed by atoms with Crippen molar-refractivity contribution in [2.75, 3.05) is 32.8 Å². The van der Waals surface area contributed by atoms with Crippen LogP contribution < -0.4 is 5.32 Å². The topological polar surface area (TPSA) is 41.6 Å². The summed E-state index contributed by atoms with van der Waals surface area (Å²) in [6.07, 6.45) is 0. The van der Waals surface area contributed by atoms with Crippen molar-refractivity contribution >= 4 is 5.97 Å². The van der Waals surface area contributed by atoms with Crippen LogP contribution in [0.4, 0.5) is 0 Å². The van der Waals surface area contributed by atoms with E-state index in [0.717, 1.165) is 26.2 Å². The zero-order chi connectivity index (χ0) is 11.7. The minimum atomic E-state index is -0.208. The molecular weight excluding hydrogens is 192 g/mol. The fourth-order valence-corrected chi connectivity index (χ4v) is 1.33. The van der Waals surface area contributed by atoms with Crippen LogP contribution in [-0.2, 0) is 9.53 Å². The molecule has 0 aromatic rings. The summed E-state index contributed by atoms with van der Waals surface area (Å²) in [5.41, 5.74) is 0. The predicted molar refractivity (Wildman–Crippen MR) is 61.9 cm³/mol. The normalized spacial score (nSPS) is 12.9. The molecule has 0 heterocycles. The van der Waals surface area contributed by atoms with E-state index in [-0.39, 0.29) is 12.0 Å². The second-order valence-electron chi connectivity index (χ2n) is 3.45. The molecule has 0 spiro atoms. The van der Waals surface area contributed by atoms with Crippen molar-refractivity contribution in [3.8, 4) is 0 Å². The molecule has 0 rings (SSSR count). The highest BCUT2D eigenvalue weighted by Gasteiger charge is 2.12. The van der Waals surface area contributed by atoms with Gasteiger partial charge in [0.05, 0.1) is 6.61 Å². The minimum absolute atomic E-state index is 0.169. The lowest BCUT2D eigenvalue weighted by molar-refractivity contribution is -0.145. The van der Waals surface area contributed by atoms with Gasteiger partial charge in [0.2, 0.25) is 0 Å². The zero-order valence-electron chi connectivity index (χ0n) is 10.4. The van der Waals surface area contributed by atoms with E-state index in [2.05, 4.69) is 24.1 Å². The molecule has 1 unspecified atom stereocenters. The molecule has 0 aromatic carbocycles. The van der Waals surface area contributed by atoms with E-state index in [0.29, 0.717) is 6.61 Å². The van der Waals surface area contributed by atoms with E-state index in [1.165, 1.54) is 0 Å². The van der Waals surface area contributed by atoms with Crippen LogP contribution in [0.2, 0.25) is 0 Å². The average molecular weight is 216 g/mol. The van der Waals surface area contributed by atoms with Gasteiger partial charge in [0.1, 0.15) is 6.04 Å². The Balaban J connectivity index is 3.61. The molecule has 90 valence electrons. The molecule has 0 aliphatic heterocycles. The van der Waals surface area contributed by atoms with Gasteiger partial charge in [0.25, 0.3) is 0 Å². The van der Waals surface area contributed by atoms with Gasteiger partial charge >= 0.3 is 5.97 Å². The Kier molecular flexibility index (Phi) is 8.33. The van der Waals surface area contributed by atoms with Crippen LogP contribution in [0.15, 0.2) is 0 Å². The lowest BCUT2D eigenvalue weighted by Gasteiger charge is -2.19. The number of likely N-dealkylation sites (N-methyl/N-ethyl adjacent to an activating group) is 1. The number of carbonyl (C=O) groups is 1. The van der Waals surface area contributed by atoms with Crippen molar-refractivity contribution in [1.29, 1.82) is 0 Å². The highest BCUT2D eigenvalue weighted by molar-refractivity contribution is 5.75. The number of hydrogen-bond acceptors (Lipinski definition) is 4. The van der Waals surface area contributed by atoms with Crippen LogP contribution >= 0.6 is 0 Å². The van der Waals surface area contributed by atoms with Crippen molar-refractivity contribution in [2.45, 2.75) is 33.7 Å². The molecule has 4 heteroatoms. The molecule has 0 saturated carbocycles. The first-order valence-electron chi connectivity index (χ1n) is 5.78. The summed E-state index contributed by atoms with van der Waals surface area (Å²) in [7, 11) is 0. The Labute approximate surface area is 93.0 Å². The van der Waals surface area contributed by atoms with E-state index < -0.39 is 0 Å². The first-order valence-corrected chi connectivity index (χ1v) is 5.78. The number of esters is 1. The first-order chi connectivity index (χ1) is 7.15. The molecule has 0 radical (unpaired) electrons. The maximum Gasteiger partial charge on any atom is 0.322 e. The number of hydrogen-bond donors (Lipinski definition) is 1. The molecule has 0 amide bonds. The fourth-order valence-electron chi connectivity index (χ4n) is 1.33. The lowest BCUT2D eigenvalue weighted by atomic mass is 10.3. The highest BCUT2D eigenvalue weighted by Crippen LogP contribution is 1.89. The molecule has 0 aromatic heterocycles. The quantitative estimate of drug-likeness (QED) is 0.611. The minimum Gasteiger partial charge on any atom is -0.465 e. The first kappa shape index (κ1) is 14.4. The summed E-state index contributed by atoms with van der Waals surface area (Å²) in [6.45, 7) is 12.3. The van der Waals surface area contributed by atoms with E-state index in [1.807, 2.05) is 13.8 Å². The second-order valence-corrected chi connectivity index (χ2v) is 3.45. The van der Waals surface area contributed by atoms with Gasteiger partial charge in [-0.2, -0.15) is 0 Å².